The molecule has 90 valence electrons. The van der Waals surface area contributed by atoms with Crippen LogP contribution in [0.5, 0.6) is 0 Å². The highest BCUT2D eigenvalue weighted by atomic mass is 16.1. The lowest BCUT2D eigenvalue weighted by Crippen LogP contribution is -2.30. The zero-order chi connectivity index (χ0) is 13.5. The van der Waals surface area contributed by atoms with E-state index in [1.807, 2.05) is 26.0 Å². The van der Waals surface area contributed by atoms with E-state index in [1.54, 1.807) is 24.3 Å². The second-order valence-corrected chi connectivity index (χ2v) is 4.03. The number of nitrogens with zero attached hydrogens (tertiary/aromatic N) is 2. The van der Waals surface area contributed by atoms with Crippen LogP contribution < -0.4 is 5.32 Å². The summed E-state index contributed by atoms with van der Waals surface area (Å²) in [5.41, 5.74) is 1.30. The maximum atomic E-state index is 11.7. The van der Waals surface area contributed by atoms with Gasteiger partial charge in [0.05, 0.1) is 11.6 Å². The number of hydrogen-bond donors (Lipinski definition) is 1. The van der Waals surface area contributed by atoms with E-state index in [9.17, 15) is 4.79 Å². The molecule has 0 radical (unpaired) electrons. The molecule has 0 aliphatic rings. The van der Waals surface area contributed by atoms with Crippen molar-refractivity contribution in [3.63, 3.8) is 0 Å². The molecule has 0 heterocycles. The smallest absolute Gasteiger partial charge is 0.262 e. The van der Waals surface area contributed by atoms with Gasteiger partial charge in [-0.1, -0.05) is 12.1 Å². The van der Waals surface area contributed by atoms with Crippen molar-refractivity contribution in [3.8, 4) is 12.1 Å². The van der Waals surface area contributed by atoms with Crippen molar-refractivity contribution in [2.24, 2.45) is 0 Å². The van der Waals surface area contributed by atoms with Crippen LogP contribution in [0.4, 0.5) is 0 Å². The first kappa shape index (κ1) is 13.5. The number of benzene rings is 1. The highest BCUT2D eigenvalue weighted by Gasteiger charge is 2.09. The normalized spacial score (nSPS) is 10.6. The molecule has 1 amide bonds. The minimum absolute atomic E-state index is 0.0183. The van der Waals surface area contributed by atoms with Gasteiger partial charge in [-0.25, -0.2) is 0 Å². The molecule has 0 spiro atoms. The predicted molar refractivity (Wildman–Crippen MR) is 68.0 cm³/mol. The third-order valence-electron chi connectivity index (χ3n) is 2.14. The molecular weight excluding hydrogens is 226 g/mol. The van der Waals surface area contributed by atoms with Crippen molar-refractivity contribution >= 4 is 12.0 Å². The largest absolute Gasteiger partial charge is 0.349 e. The Morgan fingerprint density at radius 1 is 1.28 bits per heavy atom. The number of carbonyl (C=O) groups excluding carboxylic acids is 1. The van der Waals surface area contributed by atoms with Gasteiger partial charge in [0.15, 0.2) is 0 Å². The van der Waals surface area contributed by atoms with Gasteiger partial charge in [0, 0.05) is 6.04 Å². The molecule has 0 aliphatic carbocycles. The minimum atomic E-state index is -0.392. The van der Waals surface area contributed by atoms with Crippen LogP contribution in [-0.4, -0.2) is 11.9 Å². The zero-order valence-corrected chi connectivity index (χ0v) is 10.3. The fourth-order valence-corrected chi connectivity index (χ4v) is 1.31. The topological polar surface area (TPSA) is 76.7 Å². The Balaban J connectivity index is 2.94. The van der Waals surface area contributed by atoms with Crippen LogP contribution >= 0.6 is 0 Å². The highest BCUT2D eigenvalue weighted by Crippen LogP contribution is 2.08. The molecule has 0 aliphatic heterocycles. The SMILES string of the molecule is CC(C)NC(=O)/C(C#N)=C\c1ccc(C#N)cc1. The van der Waals surface area contributed by atoms with Crippen LogP contribution in [0.3, 0.4) is 0 Å². The molecule has 0 bridgehead atoms. The van der Waals surface area contributed by atoms with Crippen molar-refractivity contribution in [3.05, 3.63) is 41.0 Å². The Labute approximate surface area is 106 Å². The van der Waals surface area contributed by atoms with Gasteiger partial charge in [-0.15, -0.1) is 0 Å². The molecule has 1 aromatic rings. The molecule has 0 fully saturated rings. The van der Waals surface area contributed by atoms with Gasteiger partial charge in [0.1, 0.15) is 11.6 Å². The molecule has 18 heavy (non-hydrogen) atoms. The van der Waals surface area contributed by atoms with E-state index in [-0.39, 0.29) is 11.6 Å². The fourth-order valence-electron chi connectivity index (χ4n) is 1.31. The summed E-state index contributed by atoms with van der Waals surface area (Å²) in [4.78, 5) is 11.7. The number of nitrogens with one attached hydrogen (secondary N) is 1. The van der Waals surface area contributed by atoms with Crippen LogP contribution in [-0.2, 0) is 4.79 Å². The van der Waals surface area contributed by atoms with Crippen molar-refractivity contribution < 1.29 is 4.79 Å². The van der Waals surface area contributed by atoms with Gasteiger partial charge in [-0.2, -0.15) is 10.5 Å². The number of carbonyl (C=O) groups is 1. The van der Waals surface area contributed by atoms with Crippen LogP contribution in [0.1, 0.15) is 25.0 Å². The molecular formula is C14H13N3O. The van der Waals surface area contributed by atoms with Gasteiger partial charge >= 0.3 is 0 Å². The van der Waals surface area contributed by atoms with Gasteiger partial charge in [-0.05, 0) is 37.6 Å². The first-order valence-corrected chi connectivity index (χ1v) is 5.49. The lowest BCUT2D eigenvalue weighted by atomic mass is 10.1. The van der Waals surface area contributed by atoms with Crippen molar-refractivity contribution in [1.29, 1.82) is 10.5 Å². The molecule has 4 nitrogen and oxygen atoms in total. The Morgan fingerprint density at radius 2 is 1.89 bits per heavy atom. The monoisotopic (exact) mass is 239 g/mol. The molecule has 0 atom stereocenters. The standard InChI is InChI=1S/C14H13N3O/c1-10(2)17-14(18)13(9-16)7-11-3-5-12(8-15)6-4-11/h3-7,10H,1-2H3,(H,17,18)/b13-7-. The quantitative estimate of drug-likeness (QED) is 0.647. The highest BCUT2D eigenvalue weighted by molar-refractivity contribution is 6.01. The second kappa shape index (κ2) is 6.22. The number of amides is 1. The maximum absolute atomic E-state index is 11.7. The van der Waals surface area contributed by atoms with E-state index in [1.165, 1.54) is 6.08 Å². The predicted octanol–water partition coefficient (Wildman–Crippen LogP) is 1.99. The van der Waals surface area contributed by atoms with E-state index in [2.05, 4.69) is 5.32 Å². The summed E-state index contributed by atoms with van der Waals surface area (Å²) in [7, 11) is 0. The maximum Gasteiger partial charge on any atom is 0.262 e. The van der Waals surface area contributed by atoms with Crippen molar-refractivity contribution in [2.45, 2.75) is 19.9 Å². The molecule has 0 aromatic heterocycles. The van der Waals surface area contributed by atoms with E-state index in [0.29, 0.717) is 11.1 Å². The number of rotatable bonds is 3. The van der Waals surface area contributed by atoms with Crippen molar-refractivity contribution in [2.75, 3.05) is 0 Å². The average molecular weight is 239 g/mol. The Morgan fingerprint density at radius 3 is 2.33 bits per heavy atom. The van der Waals surface area contributed by atoms with E-state index in [0.717, 1.165) is 0 Å². The Hall–Kier alpha value is -2.59. The average Bonchev–Trinajstić information content (AvgIpc) is 2.35. The first-order chi connectivity index (χ1) is 8.56. The van der Waals surface area contributed by atoms with Gasteiger partial charge in [0.2, 0.25) is 0 Å². The van der Waals surface area contributed by atoms with Crippen molar-refractivity contribution in [1.82, 2.24) is 5.32 Å². The summed E-state index contributed by atoms with van der Waals surface area (Å²) in [6.45, 7) is 3.66. The molecule has 4 heteroatoms. The lowest BCUT2D eigenvalue weighted by Gasteiger charge is -2.06. The van der Waals surface area contributed by atoms with Crippen LogP contribution in [0.25, 0.3) is 6.08 Å². The Bertz CT molecular complexity index is 542. The summed E-state index contributed by atoms with van der Waals surface area (Å²) in [6.07, 6.45) is 1.50. The summed E-state index contributed by atoms with van der Waals surface area (Å²) in [5.74, 6) is -0.392. The van der Waals surface area contributed by atoms with Crippen LogP contribution in [0.2, 0.25) is 0 Å². The summed E-state index contributed by atoms with van der Waals surface area (Å²) in [5, 5.41) is 20.3. The summed E-state index contributed by atoms with van der Waals surface area (Å²) >= 11 is 0. The molecule has 1 N–H and O–H groups in total. The summed E-state index contributed by atoms with van der Waals surface area (Å²) in [6, 6.07) is 10.5. The second-order valence-electron chi connectivity index (χ2n) is 4.03. The first-order valence-electron chi connectivity index (χ1n) is 5.49. The van der Waals surface area contributed by atoms with Gasteiger partial charge < -0.3 is 5.32 Å². The minimum Gasteiger partial charge on any atom is -0.349 e. The third-order valence-corrected chi connectivity index (χ3v) is 2.14. The number of hydrogen-bond acceptors (Lipinski definition) is 3. The third kappa shape index (κ3) is 3.77. The van der Waals surface area contributed by atoms with Crippen LogP contribution in [0, 0.1) is 22.7 Å². The molecule has 0 saturated heterocycles. The van der Waals surface area contributed by atoms with Gasteiger partial charge in [-0.3, -0.25) is 4.79 Å². The molecule has 1 rings (SSSR count). The molecule has 1 aromatic carbocycles. The Kier molecular flexibility index (Phi) is 4.66. The molecule has 0 saturated carbocycles. The summed E-state index contributed by atoms with van der Waals surface area (Å²) < 4.78 is 0. The van der Waals surface area contributed by atoms with E-state index >= 15 is 0 Å². The lowest BCUT2D eigenvalue weighted by molar-refractivity contribution is -0.117. The zero-order valence-electron chi connectivity index (χ0n) is 10.3. The number of nitriles is 2. The van der Waals surface area contributed by atoms with E-state index in [4.69, 9.17) is 10.5 Å². The van der Waals surface area contributed by atoms with Crippen LogP contribution in [0.15, 0.2) is 29.8 Å². The molecule has 0 unspecified atom stereocenters. The fraction of sp³-hybridized carbons (Fsp3) is 0.214. The van der Waals surface area contributed by atoms with E-state index < -0.39 is 5.91 Å². The van der Waals surface area contributed by atoms with Gasteiger partial charge in [0.25, 0.3) is 5.91 Å².